The first-order chi connectivity index (χ1) is 4.35. The second kappa shape index (κ2) is 5.78. The van der Waals surface area contributed by atoms with Gasteiger partial charge in [-0.2, -0.15) is 0 Å². The molecule has 0 saturated heterocycles. The molecule has 0 aliphatic rings. The molecule has 0 radical (unpaired) electrons. The van der Waals surface area contributed by atoms with Gasteiger partial charge >= 0.3 is 0 Å². The Morgan fingerprint density at radius 2 is 2.22 bits per heavy atom. The Morgan fingerprint density at radius 1 is 1.56 bits per heavy atom. The quantitative estimate of drug-likeness (QED) is 0.346. The molecule has 0 aromatic rings. The van der Waals surface area contributed by atoms with E-state index in [1.165, 1.54) is 5.01 Å². The van der Waals surface area contributed by atoms with Gasteiger partial charge in [0.15, 0.2) is 0 Å². The van der Waals surface area contributed by atoms with Crippen molar-refractivity contribution in [1.29, 1.82) is 0 Å². The van der Waals surface area contributed by atoms with Crippen molar-refractivity contribution in [3.05, 3.63) is 4.91 Å². The molecule has 0 aliphatic carbocycles. The standard InChI is InChI=1S/C4H10ClN3O/c5-1-3-8(7-9)4-2-6/h1-4,6H2. The Labute approximate surface area is 58.9 Å². The molecular formula is C4H10ClN3O. The highest BCUT2D eigenvalue weighted by Gasteiger charge is 1.97. The highest BCUT2D eigenvalue weighted by molar-refractivity contribution is 6.18. The van der Waals surface area contributed by atoms with E-state index < -0.39 is 0 Å². The van der Waals surface area contributed by atoms with Gasteiger partial charge in [0.05, 0.1) is 18.4 Å². The van der Waals surface area contributed by atoms with Crippen molar-refractivity contribution in [1.82, 2.24) is 5.01 Å². The molecule has 0 aromatic heterocycles. The fourth-order valence-electron chi connectivity index (χ4n) is 0.440. The summed E-state index contributed by atoms with van der Waals surface area (Å²) in [5, 5.41) is 3.98. The van der Waals surface area contributed by atoms with E-state index in [2.05, 4.69) is 5.29 Å². The highest BCUT2D eigenvalue weighted by Crippen LogP contribution is 1.87. The topological polar surface area (TPSA) is 58.7 Å². The van der Waals surface area contributed by atoms with Gasteiger partial charge in [-0.25, -0.2) is 0 Å². The SMILES string of the molecule is NCCN(CCCl)N=O. The van der Waals surface area contributed by atoms with Gasteiger partial charge in [0.25, 0.3) is 0 Å². The van der Waals surface area contributed by atoms with Crippen LogP contribution in [0.3, 0.4) is 0 Å². The van der Waals surface area contributed by atoms with E-state index in [9.17, 15) is 4.91 Å². The number of nitrogens with zero attached hydrogens (tertiary/aromatic N) is 2. The molecule has 0 aromatic carbocycles. The minimum absolute atomic E-state index is 0.408. The van der Waals surface area contributed by atoms with Gasteiger partial charge in [0, 0.05) is 12.4 Å². The number of halogens is 1. The Hall–Kier alpha value is -0.350. The maximum atomic E-state index is 9.85. The van der Waals surface area contributed by atoms with Crippen LogP contribution >= 0.6 is 11.6 Å². The molecule has 0 amide bonds. The van der Waals surface area contributed by atoms with Crippen LogP contribution in [0.25, 0.3) is 0 Å². The van der Waals surface area contributed by atoms with Crippen molar-refractivity contribution in [2.75, 3.05) is 25.5 Å². The Balaban J connectivity index is 3.29. The number of nitrogens with two attached hydrogens (primary N) is 1. The monoisotopic (exact) mass is 151 g/mol. The van der Waals surface area contributed by atoms with E-state index in [0.717, 1.165) is 0 Å². The predicted octanol–water partition coefficient (Wildman–Crippen LogP) is 0.167. The molecule has 0 heterocycles. The van der Waals surface area contributed by atoms with Crippen LogP contribution in [0.4, 0.5) is 0 Å². The molecule has 4 nitrogen and oxygen atoms in total. The van der Waals surface area contributed by atoms with E-state index in [1.807, 2.05) is 0 Å². The molecule has 0 bridgehead atoms. The second-order valence-corrected chi connectivity index (χ2v) is 1.89. The van der Waals surface area contributed by atoms with Crippen LogP contribution in [-0.4, -0.2) is 30.5 Å². The normalized spacial score (nSPS) is 9.11. The molecule has 0 aliphatic heterocycles. The summed E-state index contributed by atoms with van der Waals surface area (Å²) < 4.78 is 0. The largest absolute Gasteiger partial charge is 0.329 e. The molecule has 0 unspecified atom stereocenters. The molecule has 2 N–H and O–H groups in total. The molecule has 0 fully saturated rings. The average Bonchev–Trinajstić information content (AvgIpc) is 1.88. The maximum Gasteiger partial charge on any atom is 0.0528 e. The molecule has 5 heteroatoms. The van der Waals surface area contributed by atoms with Crippen LogP contribution < -0.4 is 5.73 Å². The van der Waals surface area contributed by atoms with Crippen molar-refractivity contribution >= 4 is 11.6 Å². The van der Waals surface area contributed by atoms with Gasteiger partial charge in [-0.3, -0.25) is 5.01 Å². The maximum absolute atomic E-state index is 9.85. The second-order valence-electron chi connectivity index (χ2n) is 1.51. The number of rotatable bonds is 5. The molecular weight excluding hydrogens is 142 g/mol. The van der Waals surface area contributed by atoms with Crippen molar-refractivity contribution in [2.45, 2.75) is 0 Å². The molecule has 0 saturated carbocycles. The first-order valence-electron chi connectivity index (χ1n) is 2.69. The van der Waals surface area contributed by atoms with Gasteiger partial charge in [0.2, 0.25) is 0 Å². The third kappa shape index (κ3) is 4.17. The summed E-state index contributed by atoms with van der Waals surface area (Å²) in [6, 6.07) is 0. The zero-order valence-electron chi connectivity index (χ0n) is 5.09. The fraction of sp³-hybridized carbons (Fsp3) is 1.00. The fourth-order valence-corrected chi connectivity index (χ4v) is 0.635. The van der Waals surface area contributed by atoms with Crippen molar-refractivity contribution < 1.29 is 0 Å². The van der Waals surface area contributed by atoms with Gasteiger partial charge in [0.1, 0.15) is 0 Å². The summed E-state index contributed by atoms with van der Waals surface area (Å²) in [6.45, 7) is 1.39. The zero-order chi connectivity index (χ0) is 7.11. The lowest BCUT2D eigenvalue weighted by Crippen LogP contribution is -2.25. The van der Waals surface area contributed by atoms with Crippen LogP contribution in [0, 0.1) is 4.91 Å². The number of alkyl halides is 1. The third-order valence-electron chi connectivity index (χ3n) is 0.845. The molecule has 54 valence electrons. The van der Waals surface area contributed by atoms with Crippen LogP contribution in [0.2, 0.25) is 0 Å². The molecule has 0 rings (SSSR count). The van der Waals surface area contributed by atoms with Gasteiger partial charge in [-0.05, 0) is 0 Å². The zero-order valence-corrected chi connectivity index (χ0v) is 5.84. The molecule has 0 atom stereocenters. The van der Waals surface area contributed by atoms with E-state index in [-0.39, 0.29) is 0 Å². The summed E-state index contributed by atoms with van der Waals surface area (Å²) in [5.74, 6) is 0.408. The smallest absolute Gasteiger partial charge is 0.0528 e. The predicted molar refractivity (Wildman–Crippen MR) is 37.1 cm³/mol. The molecule has 0 spiro atoms. The van der Waals surface area contributed by atoms with Crippen molar-refractivity contribution in [2.24, 2.45) is 11.0 Å². The van der Waals surface area contributed by atoms with Crippen molar-refractivity contribution in [3.63, 3.8) is 0 Å². The first-order valence-corrected chi connectivity index (χ1v) is 3.23. The van der Waals surface area contributed by atoms with Gasteiger partial charge in [-0.15, -0.1) is 16.5 Å². The van der Waals surface area contributed by atoms with E-state index >= 15 is 0 Å². The van der Waals surface area contributed by atoms with Crippen LogP contribution in [0.5, 0.6) is 0 Å². The van der Waals surface area contributed by atoms with Crippen LogP contribution in [-0.2, 0) is 0 Å². The summed E-state index contributed by atoms with van der Waals surface area (Å²) >= 11 is 5.33. The summed E-state index contributed by atoms with van der Waals surface area (Å²) in [5.41, 5.74) is 5.15. The molecule has 9 heavy (non-hydrogen) atoms. The van der Waals surface area contributed by atoms with E-state index in [4.69, 9.17) is 17.3 Å². The van der Waals surface area contributed by atoms with E-state index in [1.54, 1.807) is 0 Å². The average molecular weight is 152 g/mol. The van der Waals surface area contributed by atoms with Crippen LogP contribution in [0.1, 0.15) is 0 Å². The summed E-state index contributed by atoms with van der Waals surface area (Å²) in [6.07, 6.45) is 0. The van der Waals surface area contributed by atoms with Crippen LogP contribution in [0.15, 0.2) is 5.29 Å². The van der Waals surface area contributed by atoms with E-state index in [0.29, 0.717) is 25.5 Å². The summed E-state index contributed by atoms with van der Waals surface area (Å²) in [7, 11) is 0. The van der Waals surface area contributed by atoms with Gasteiger partial charge in [-0.1, -0.05) is 0 Å². The minimum Gasteiger partial charge on any atom is -0.329 e. The number of nitroso groups, excluding NO2 is 1. The lowest BCUT2D eigenvalue weighted by Gasteiger charge is -2.10. The lowest BCUT2D eigenvalue weighted by atomic mass is 10.6. The Morgan fingerprint density at radius 3 is 2.56 bits per heavy atom. The number of hydrogen-bond acceptors (Lipinski definition) is 3. The Bertz CT molecular complexity index is 74.2. The minimum atomic E-state index is 0.408. The van der Waals surface area contributed by atoms with Crippen molar-refractivity contribution in [3.8, 4) is 0 Å². The highest BCUT2D eigenvalue weighted by atomic mass is 35.5. The third-order valence-corrected chi connectivity index (χ3v) is 1.01. The number of hydrogen-bond donors (Lipinski definition) is 1. The summed E-state index contributed by atoms with van der Waals surface area (Å²) in [4.78, 5) is 9.85. The lowest BCUT2D eigenvalue weighted by molar-refractivity contribution is 0.310. The van der Waals surface area contributed by atoms with Gasteiger partial charge < -0.3 is 5.73 Å². The Kier molecular flexibility index (Phi) is 5.56. The first kappa shape index (κ1) is 8.65.